The zero-order chi connectivity index (χ0) is 23.2. The van der Waals surface area contributed by atoms with Crippen molar-refractivity contribution in [2.24, 2.45) is 5.92 Å². The average Bonchev–Trinajstić information content (AvgIpc) is 3.60. The number of fused-ring (bicyclic) bond motifs is 3. The molecule has 0 spiro atoms. The van der Waals surface area contributed by atoms with Crippen molar-refractivity contribution >= 4 is 50.8 Å². The first kappa shape index (κ1) is 22.5. The van der Waals surface area contributed by atoms with Gasteiger partial charge in [-0.25, -0.2) is 4.98 Å². The molecule has 1 saturated carbocycles. The molecular formula is C24H23ClN4O2S2. The Labute approximate surface area is 205 Å². The summed E-state index contributed by atoms with van der Waals surface area (Å²) in [7, 11) is 0. The van der Waals surface area contributed by atoms with Crippen molar-refractivity contribution < 1.29 is 4.79 Å². The Morgan fingerprint density at radius 3 is 2.76 bits per heavy atom. The molecular weight excluding hydrogens is 476 g/mol. The zero-order valence-electron chi connectivity index (χ0n) is 18.2. The number of hydrogen-bond acceptors (Lipinski definition) is 6. The number of nitrogens with one attached hydrogen (secondary N) is 1. The summed E-state index contributed by atoms with van der Waals surface area (Å²) in [6, 6.07) is 9.32. The fourth-order valence-corrected chi connectivity index (χ4v) is 6.68. The SMILES string of the molecule is CC(C#N)(NC(=O)CSc1nc2sc3c(c2c(=O)n1-c1ccc(Cl)cc1)CCCC3)C1CC1. The topological polar surface area (TPSA) is 87.8 Å². The van der Waals surface area contributed by atoms with Crippen LogP contribution in [0.2, 0.25) is 5.02 Å². The van der Waals surface area contributed by atoms with Crippen molar-refractivity contribution in [2.75, 3.05) is 5.75 Å². The van der Waals surface area contributed by atoms with Gasteiger partial charge in [0.2, 0.25) is 5.91 Å². The molecule has 2 aliphatic carbocycles. The Morgan fingerprint density at radius 2 is 2.06 bits per heavy atom. The number of nitriles is 1. The van der Waals surface area contributed by atoms with Crippen LogP contribution in [0, 0.1) is 17.2 Å². The third-order valence-electron chi connectivity index (χ3n) is 6.40. The molecule has 1 aromatic carbocycles. The lowest BCUT2D eigenvalue weighted by Gasteiger charge is -2.22. The minimum atomic E-state index is -0.850. The second kappa shape index (κ2) is 8.79. The molecule has 1 N–H and O–H groups in total. The van der Waals surface area contributed by atoms with Crippen LogP contribution in [-0.2, 0) is 17.6 Å². The third kappa shape index (κ3) is 4.30. The molecule has 170 valence electrons. The van der Waals surface area contributed by atoms with Crippen molar-refractivity contribution in [2.45, 2.75) is 56.1 Å². The normalized spacial score (nSPS) is 17.2. The lowest BCUT2D eigenvalue weighted by Crippen LogP contribution is -2.47. The first-order chi connectivity index (χ1) is 15.9. The summed E-state index contributed by atoms with van der Waals surface area (Å²) in [6.07, 6.45) is 6.00. The van der Waals surface area contributed by atoms with Crippen LogP contribution < -0.4 is 10.9 Å². The number of amides is 1. The molecule has 2 aromatic heterocycles. The number of aromatic nitrogens is 2. The Hall–Kier alpha value is -2.34. The monoisotopic (exact) mass is 498 g/mol. The van der Waals surface area contributed by atoms with Gasteiger partial charge in [0, 0.05) is 9.90 Å². The molecule has 0 saturated heterocycles. The summed E-state index contributed by atoms with van der Waals surface area (Å²) in [4.78, 5) is 33.3. The van der Waals surface area contributed by atoms with Gasteiger partial charge in [0.1, 0.15) is 10.4 Å². The van der Waals surface area contributed by atoms with Crippen LogP contribution in [0.5, 0.6) is 0 Å². The molecule has 6 nitrogen and oxygen atoms in total. The zero-order valence-corrected chi connectivity index (χ0v) is 20.6. The van der Waals surface area contributed by atoms with E-state index in [1.54, 1.807) is 47.1 Å². The number of thiophene rings is 1. The van der Waals surface area contributed by atoms with Crippen LogP contribution in [0.1, 0.15) is 43.0 Å². The fraction of sp³-hybridized carbons (Fsp3) is 0.417. The van der Waals surface area contributed by atoms with Crippen LogP contribution in [-0.4, -0.2) is 26.8 Å². The molecule has 1 amide bonds. The molecule has 5 rings (SSSR count). The maximum atomic E-state index is 13.7. The predicted molar refractivity (Wildman–Crippen MR) is 132 cm³/mol. The van der Waals surface area contributed by atoms with Gasteiger partial charge < -0.3 is 5.32 Å². The van der Waals surface area contributed by atoms with E-state index >= 15 is 0 Å². The minimum absolute atomic E-state index is 0.0701. The Balaban J connectivity index is 1.52. The Bertz CT molecular complexity index is 1340. The van der Waals surface area contributed by atoms with E-state index in [1.165, 1.54) is 16.6 Å². The highest BCUT2D eigenvalue weighted by Crippen LogP contribution is 2.39. The van der Waals surface area contributed by atoms with Crippen LogP contribution >= 0.6 is 34.7 Å². The van der Waals surface area contributed by atoms with Gasteiger partial charge in [0.25, 0.3) is 5.56 Å². The smallest absolute Gasteiger partial charge is 0.267 e. The van der Waals surface area contributed by atoms with Crippen molar-refractivity contribution in [1.29, 1.82) is 5.26 Å². The molecule has 1 unspecified atom stereocenters. The van der Waals surface area contributed by atoms with Gasteiger partial charge >= 0.3 is 0 Å². The second-order valence-electron chi connectivity index (χ2n) is 8.83. The molecule has 1 fully saturated rings. The molecule has 3 aromatic rings. The third-order valence-corrected chi connectivity index (χ3v) is 8.78. The number of benzene rings is 1. The van der Waals surface area contributed by atoms with Crippen LogP contribution in [0.3, 0.4) is 0 Å². The summed E-state index contributed by atoms with van der Waals surface area (Å²) >= 11 is 8.88. The first-order valence-electron chi connectivity index (χ1n) is 11.1. The van der Waals surface area contributed by atoms with Gasteiger partial charge in [-0.05, 0) is 81.2 Å². The van der Waals surface area contributed by atoms with Gasteiger partial charge in [-0.2, -0.15) is 5.26 Å². The lowest BCUT2D eigenvalue weighted by molar-refractivity contribution is -0.119. The number of hydrogen-bond donors (Lipinski definition) is 1. The number of rotatable bonds is 6. The molecule has 33 heavy (non-hydrogen) atoms. The van der Waals surface area contributed by atoms with Gasteiger partial charge in [0.05, 0.1) is 22.9 Å². The van der Waals surface area contributed by atoms with E-state index < -0.39 is 5.54 Å². The first-order valence-corrected chi connectivity index (χ1v) is 13.3. The summed E-state index contributed by atoms with van der Waals surface area (Å²) in [5.41, 5.74) is 0.837. The van der Waals surface area contributed by atoms with E-state index in [0.29, 0.717) is 21.3 Å². The molecule has 0 radical (unpaired) electrons. The number of thioether (sulfide) groups is 1. The minimum Gasteiger partial charge on any atom is -0.337 e. The highest BCUT2D eigenvalue weighted by Gasteiger charge is 2.43. The van der Waals surface area contributed by atoms with Crippen LogP contribution in [0.25, 0.3) is 15.9 Å². The second-order valence-corrected chi connectivity index (χ2v) is 11.3. The maximum Gasteiger partial charge on any atom is 0.267 e. The van der Waals surface area contributed by atoms with Crippen LogP contribution in [0.4, 0.5) is 0 Å². The number of halogens is 1. The highest BCUT2D eigenvalue weighted by molar-refractivity contribution is 7.99. The Kier molecular flexibility index (Phi) is 5.98. The number of carbonyl (C=O) groups excluding carboxylic acids is 1. The van der Waals surface area contributed by atoms with Gasteiger partial charge in [-0.15, -0.1) is 11.3 Å². The van der Waals surface area contributed by atoms with Gasteiger partial charge in [-0.3, -0.25) is 14.2 Å². The summed E-state index contributed by atoms with van der Waals surface area (Å²) in [6.45, 7) is 1.78. The molecule has 2 aliphatic rings. The van der Waals surface area contributed by atoms with Gasteiger partial charge in [0.15, 0.2) is 5.16 Å². The fourth-order valence-electron chi connectivity index (χ4n) is 4.44. The molecule has 1 atom stereocenters. The van der Waals surface area contributed by atoms with E-state index in [9.17, 15) is 14.9 Å². The van der Waals surface area contributed by atoms with Crippen molar-refractivity contribution in [1.82, 2.24) is 14.9 Å². The molecule has 2 heterocycles. The average molecular weight is 499 g/mol. The maximum absolute atomic E-state index is 13.7. The molecule has 0 bridgehead atoms. The molecule has 0 aliphatic heterocycles. The quantitative estimate of drug-likeness (QED) is 0.386. The van der Waals surface area contributed by atoms with E-state index in [-0.39, 0.29) is 23.1 Å². The predicted octanol–water partition coefficient (Wildman–Crippen LogP) is 4.88. The van der Waals surface area contributed by atoms with E-state index in [2.05, 4.69) is 11.4 Å². The lowest BCUT2D eigenvalue weighted by atomic mass is 9.97. The highest BCUT2D eigenvalue weighted by atomic mass is 35.5. The van der Waals surface area contributed by atoms with Crippen molar-refractivity contribution in [3.05, 3.63) is 50.1 Å². The standard InChI is InChI=1S/C24H23ClN4O2S2/c1-24(13-26,14-6-7-14)28-19(30)12-32-23-27-21-20(17-4-2-3-5-18(17)33-21)22(31)29(23)16-10-8-15(25)9-11-16/h8-11,14H,2-7,12H2,1H3,(H,28,30). The number of carbonyl (C=O) groups is 1. The Morgan fingerprint density at radius 1 is 1.33 bits per heavy atom. The van der Waals surface area contributed by atoms with Crippen molar-refractivity contribution in [3.8, 4) is 11.8 Å². The largest absolute Gasteiger partial charge is 0.337 e. The summed E-state index contributed by atoms with van der Waals surface area (Å²) in [5.74, 6) is 0.0368. The number of aryl methyl sites for hydroxylation is 2. The molecule has 9 heteroatoms. The van der Waals surface area contributed by atoms with E-state index in [4.69, 9.17) is 16.6 Å². The number of nitrogens with zero attached hydrogens (tertiary/aromatic N) is 3. The van der Waals surface area contributed by atoms with Crippen LogP contribution in [0.15, 0.2) is 34.2 Å². The summed E-state index contributed by atoms with van der Waals surface area (Å²) < 4.78 is 1.59. The van der Waals surface area contributed by atoms with E-state index in [0.717, 1.165) is 48.9 Å². The summed E-state index contributed by atoms with van der Waals surface area (Å²) in [5, 5.41) is 14.2. The van der Waals surface area contributed by atoms with Crippen molar-refractivity contribution in [3.63, 3.8) is 0 Å². The van der Waals surface area contributed by atoms with Gasteiger partial charge in [-0.1, -0.05) is 23.4 Å². The van der Waals surface area contributed by atoms with E-state index in [1.807, 2.05) is 0 Å².